The summed E-state index contributed by atoms with van der Waals surface area (Å²) >= 11 is 3.13. The van der Waals surface area contributed by atoms with Crippen molar-refractivity contribution in [3.8, 4) is 0 Å². The second-order valence-electron chi connectivity index (χ2n) is 4.78. The van der Waals surface area contributed by atoms with E-state index in [1.165, 1.54) is 0 Å². The Morgan fingerprint density at radius 3 is 2.06 bits per heavy atom. The van der Waals surface area contributed by atoms with Crippen molar-refractivity contribution in [3.63, 3.8) is 0 Å². The van der Waals surface area contributed by atoms with E-state index in [0.717, 1.165) is 25.7 Å². The molecule has 2 aliphatic rings. The van der Waals surface area contributed by atoms with Crippen LogP contribution in [0.25, 0.3) is 0 Å². The molecule has 0 aromatic heterocycles. The van der Waals surface area contributed by atoms with Crippen molar-refractivity contribution in [2.75, 3.05) is 5.33 Å². The maximum absolute atomic E-state index is 11.8. The third kappa shape index (κ3) is 2.75. The number of amides is 1. The molecule has 0 aliphatic heterocycles. The van der Waals surface area contributed by atoms with Crippen LogP contribution in [0.15, 0.2) is 0 Å². The van der Waals surface area contributed by atoms with Crippen LogP contribution in [0, 0.1) is 17.8 Å². The number of carbonyl (C=O) groups is 2. The Morgan fingerprint density at radius 2 is 1.75 bits per heavy atom. The van der Waals surface area contributed by atoms with Crippen molar-refractivity contribution in [1.29, 1.82) is 0 Å². The molecule has 1 atom stereocenters. The van der Waals surface area contributed by atoms with Crippen LogP contribution in [0.2, 0.25) is 0 Å². The van der Waals surface area contributed by atoms with E-state index in [9.17, 15) is 9.59 Å². The normalized spacial score (nSPS) is 21.9. The maximum Gasteiger partial charge on any atom is 0.405 e. The Bertz CT molecular complexity index is 288. The Balaban J connectivity index is 2.07. The number of ketones is 1. The second kappa shape index (κ2) is 4.73. The standard InChI is InChI=1S/C11H16BrNO3/c12-5-8(14)10(13-11(15)16)9(6-1-2-6)7-3-4-7/h6-7,9-10,13H,1-5H2,(H,15,16). The summed E-state index contributed by atoms with van der Waals surface area (Å²) in [6, 6.07) is -0.503. The van der Waals surface area contributed by atoms with E-state index in [4.69, 9.17) is 5.11 Å². The lowest BCUT2D eigenvalue weighted by atomic mass is 9.87. The molecule has 2 aliphatic carbocycles. The molecule has 2 saturated carbocycles. The van der Waals surface area contributed by atoms with E-state index in [0.29, 0.717) is 11.8 Å². The quantitative estimate of drug-likeness (QED) is 0.735. The number of hydrogen-bond donors (Lipinski definition) is 2. The van der Waals surface area contributed by atoms with Crippen LogP contribution in [0.4, 0.5) is 4.79 Å². The van der Waals surface area contributed by atoms with E-state index in [-0.39, 0.29) is 17.0 Å². The number of rotatable bonds is 6. The van der Waals surface area contributed by atoms with Gasteiger partial charge < -0.3 is 10.4 Å². The molecule has 4 nitrogen and oxygen atoms in total. The first-order chi connectivity index (χ1) is 7.63. The van der Waals surface area contributed by atoms with Gasteiger partial charge in [0.1, 0.15) is 0 Å². The number of alkyl halides is 1. The first-order valence-electron chi connectivity index (χ1n) is 5.71. The van der Waals surface area contributed by atoms with Gasteiger partial charge in [0, 0.05) is 0 Å². The Labute approximate surface area is 103 Å². The van der Waals surface area contributed by atoms with Crippen molar-refractivity contribution >= 4 is 27.8 Å². The zero-order chi connectivity index (χ0) is 11.7. The molecule has 16 heavy (non-hydrogen) atoms. The monoisotopic (exact) mass is 289 g/mol. The summed E-state index contributed by atoms with van der Waals surface area (Å²) in [6.07, 6.45) is 3.50. The predicted molar refractivity (Wildman–Crippen MR) is 62.7 cm³/mol. The summed E-state index contributed by atoms with van der Waals surface area (Å²) < 4.78 is 0. The van der Waals surface area contributed by atoms with E-state index in [1.54, 1.807) is 0 Å². The van der Waals surface area contributed by atoms with Crippen LogP contribution >= 0.6 is 15.9 Å². The maximum atomic E-state index is 11.8. The van der Waals surface area contributed by atoms with Crippen molar-refractivity contribution < 1.29 is 14.7 Å². The fourth-order valence-corrected chi connectivity index (χ4v) is 2.85. The number of hydrogen-bond acceptors (Lipinski definition) is 2. The van der Waals surface area contributed by atoms with Crippen LogP contribution in [-0.4, -0.2) is 28.4 Å². The fraction of sp³-hybridized carbons (Fsp3) is 0.818. The van der Waals surface area contributed by atoms with Crippen LogP contribution in [0.5, 0.6) is 0 Å². The minimum Gasteiger partial charge on any atom is -0.465 e. The third-order valence-corrected chi connectivity index (χ3v) is 4.03. The number of nitrogens with one attached hydrogen (secondary N) is 1. The average Bonchev–Trinajstić information content (AvgIpc) is 3.08. The van der Waals surface area contributed by atoms with Gasteiger partial charge >= 0.3 is 6.09 Å². The average molecular weight is 290 g/mol. The van der Waals surface area contributed by atoms with Crippen molar-refractivity contribution in [2.45, 2.75) is 31.7 Å². The van der Waals surface area contributed by atoms with E-state index >= 15 is 0 Å². The topological polar surface area (TPSA) is 66.4 Å². The predicted octanol–water partition coefficient (Wildman–Crippen LogP) is 2.02. The highest BCUT2D eigenvalue weighted by atomic mass is 79.9. The lowest BCUT2D eigenvalue weighted by Crippen LogP contribution is -2.47. The summed E-state index contributed by atoms with van der Waals surface area (Å²) in [5, 5.41) is 11.4. The first kappa shape index (κ1) is 11.9. The fourth-order valence-electron chi connectivity index (χ4n) is 2.50. The van der Waals surface area contributed by atoms with E-state index in [2.05, 4.69) is 21.2 Å². The van der Waals surface area contributed by atoms with Crippen LogP contribution < -0.4 is 5.32 Å². The van der Waals surface area contributed by atoms with Crippen molar-refractivity contribution in [3.05, 3.63) is 0 Å². The molecule has 1 amide bonds. The summed E-state index contributed by atoms with van der Waals surface area (Å²) in [4.78, 5) is 22.5. The Morgan fingerprint density at radius 1 is 1.25 bits per heavy atom. The molecule has 5 heteroatoms. The SMILES string of the molecule is O=C(O)NC(C(=O)CBr)C(C1CC1)C1CC1. The van der Waals surface area contributed by atoms with Gasteiger partial charge in [-0.15, -0.1) is 0 Å². The zero-order valence-corrected chi connectivity index (χ0v) is 10.6. The number of halogens is 1. The van der Waals surface area contributed by atoms with E-state index in [1.807, 2.05) is 0 Å². The van der Waals surface area contributed by atoms with Crippen LogP contribution in [0.3, 0.4) is 0 Å². The molecule has 2 fully saturated rings. The van der Waals surface area contributed by atoms with Gasteiger partial charge in [0.25, 0.3) is 0 Å². The van der Waals surface area contributed by atoms with Gasteiger partial charge in [0.15, 0.2) is 5.78 Å². The van der Waals surface area contributed by atoms with Gasteiger partial charge in [0.05, 0.1) is 11.4 Å². The van der Waals surface area contributed by atoms with Gasteiger partial charge in [-0.3, -0.25) is 4.79 Å². The van der Waals surface area contributed by atoms with Crippen molar-refractivity contribution in [1.82, 2.24) is 5.32 Å². The molecule has 1 unspecified atom stereocenters. The lowest BCUT2D eigenvalue weighted by molar-refractivity contribution is -0.120. The molecule has 2 N–H and O–H groups in total. The highest BCUT2D eigenvalue weighted by Crippen LogP contribution is 2.50. The molecular formula is C11H16BrNO3. The molecule has 0 spiro atoms. The first-order valence-corrected chi connectivity index (χ1v) is 6.83. The van der Waals surface area contributed by atoms with Crippen molar-refractivity contribution in [2.24, 2.45) is 17.8 Å². The number of carbonyl (C=O) groups excluding carboxylic acids is 1. The largest absolute Gasteiger partial charge is 0.465 e. The van der Waals surface area contributed by atoms with Gasteiger partial charge in [-0.05, 0) is 43.4 Å². The summed E-state index contributed by atoms with van der Waals surface area (Å²) in [7, 11) is 0. The smallest absolute Gasteiger partial charge is 0.405 e. The summed E-state index contributed by atoms with van der Waals surface area (Å²) in [5.74, 6) is 1.33. The lowest BCUT2D eigenvalue weighted by Gasteiger charge is -2.25. The number of carboxylic acid groups (broad SMARTS) is 1. The van der Waals surface area contributed by atoms with Gasteiger partial charge in [-0.25, -0.2) is 4.79 Å². The molecule has 0 bridgehead atoms. The molecule has 90 valence electrons. The third-order valence-electron chi connectivity index (χ3n) is 3.48. The zero-order valence-electron chi connectivity index (χ0n) is 8.99. The summed E-state index contributed by atoms with van der Waals surface area (Å²) in [5.41, 5.74) is 0. The molecule has 0 heterocycles. The molecule has 0 aromatic rings. The second-order valence-corrected chi connectivity index (χ2v) is 5.34. The molecule has 0 radical (unpaired) electrons. The minimum atomic E-state index is -1.09. The number of Topliss-reactive ketones (excluding diaryl/α,β-unsaturated/α-hetero) is 1. The highest BCUT2D eigenvalue weighted by molar-refractivity contribution is 9.09. The molecule has 0 saturated heterocycles. The molecule has 2 rings (SSSR count). The van der Waals surface area contributed by atoms with Gasteiger partial charge in [0.2, 0.25) is 0 Å². The van der Waals surface area contributed by atoms with Crippen LogP contribution in [-0.2, 0) is 4.79 Å². The molecule has 0 aromatic carbocycles. The highest BCUT2D eigenvalue weighted by Gasteiger charge is 2.47. The van der Waals surface area contributed by atoms with E-state index < -0.39 is 12.1 Å². The van der Waals surface area contributed by atoms with Crippen LogP contribution in [0.1, 0.15) is 25.7 Å². The minimum absolute atomic E-state index is 0.0359. The van der Waals surface area contributed by atoms with Gasteiger partial charge in [-0.2, -0.15) is 0 Å². The Kier molecular flexibility index (Phi) is 3.52. The van der Waals surface area contributed by atoms with Gasteiger partial charge in [-0.1, -0.05) is 15.9 Å². The summed E-state index contributed by atoms with van der Waals surface area (Å²) in [6.45, 7) is 0. The Hall–Kier alpha value is -0.580. The molecular weight excluding hydrogens is 274 g/mol.